The summed E-state index contributed by atoms with van der Waals surface area (Å²) < 4.78 is 0. The van der Waals surface area contributed by atoms with Crippen molar-refractivity contribution >= 4 is 24.0 Å². The molecule has 0 radical (unpaired) electrons. The molecule has 0 unspecified atom stereocenters. The Morgan fingerprint density at radius 2 is 1.89 bits per heavy atom. The van der Waals surface area contributed by atoms with Gasteiger partial charge >= 0.3 is 0 Å². The quantitative estimate of drug-likeness (QED) is 0.875. The normalized spacial score (nSPS) is 22.5. The van der Waals surface area contributed by atoms with Gasteiger partial charge in [0.25, 0.3) is 0 Å². The van der Waals surface area contributed by atoms with Gasteiger partial charge in [-0.1, -0.05) is 18.2 Å². The van der Waals surface area contributed by atoms with E-state index in [9.17, 15) is 4.79 Å². The number of piperidine rings is 1. The Hall–Kier alpha value is -1.06. The smallest absolute Gasteiger partial charge is 0.241 e. The van der Waals surface area contributed by atoms with Crippen LogP contribution in [0.3, 0.4) is 0 Å². The fraction of sp³-hybridized carbons (Fsp3) is 0.533. The lowest BCUT2D eigenvalue weighted by molar-refractivity contribution is -0.118. The molecule has 1 aromatic carbocycles. The highest BCUT2D eigenvalue weighted by Gasteiger charge is 2.24. The van der Waals surface area contributed by atoms with E-state index in [0.717, 1.165) is 36.1 Å². The van der Waals surface area contributed by atoms with Crippen molar-refractivity contribution in [3.8, 4) is 0 Å². The SMILES string of the molecule is Cc1cccc(C)c1NC(=O)[C@@H]1CCC[C@H](C)N1.Cl. The third-order valence-electron chi connectivity index (χ3n) is 3.66. The molecular weight excluding hydrogens is 260 g/mol. The Labute approximate surface area is 121 Å². The number of halogens is 1. The maximum Gasteiger partial charge on any atom is 0.241 e. The number of carbonyl (C=O) groups is 1. The molecule has 1 amide bonds. The highest BCUT2D eigenvalue weighted by Crippen LogP contribution is 2.21. The van der Waals surface area contributed by atoms with Crippen LogP contribution in [0.1, 0.15) is 37.3 Å². The topological polar surface area (TPSA) is 41.1 Å². The minimum atomic E-state index is -0.0484. The summed E-state index contributed by atoms with van der Waals surface area (Å²) in [4.78, 5) is 12.2. The summed E-state index contributed by atoms with van der Waals surface area (Å²) in [6, 6.07) is 6.46. The minimum Gasteiger partial charge on any atom is -0.324 e. The summed E-state index contributed by atoms with van der Waals surface area (Å²) in [5, 5.41) is 6.43. The standard InChI is InChI=1S/C15H22N2O.ClH/c1-10-6-4-7-11(2)14(10)17-15(18)13-9-5-8-12(3)16-13;/h4,6-7,12-13,16H,5,8-9H2,1-3H3,(H,17,18);1H/t12-,13-;/m0./s1. The molecule has 19 heavy (non-hydrogen) atoms. The molecule has 0 bridgehead atoms. The van der Waals surface area contributed by atoms with Gasteiger partial charge < -0.3 is 10.6 Å². The molecule has 1 saturated heterocycles. The van der Waals surface area contributed by atoms with E-state index >= 15 is 0 Å². The van der Waals surface area contributed by atoms with Crippen molar-refractivity contribution in [1.29, 1.82) is 0 Å². The van der Waals surface area contributed by atoms with Crippen molar-refractivity contribution in [2.45, 2.75) is 52.1 Å². The molecule has 3 nitrogen and oxygen atoms in total. The first-order valence-electron chi connectivity index (χ1n) is 6.71. The molecule has 1 aromatic rings. The number of aryl methyl sites for hydroxylation is 2. The van der Waals surface area contributed by atoms with E-state index in [4.69, 9.17) is 0 Å². The van der Waals surface area contributed by atoms with Gasteiger partial charge in [-0.05, 0) is 51.2 Å². The maximum atomic E-state index is 12.2. The second-order valence-electron chi connectivity index (χ2n) is 5.31. The van der Waals surface area contributed by atoms with Gasteiger partial charge in [-0.2, -0.15) is 0 Å². The molecule has 0 aromatic heterocycles. The summed E-state index contributed by atoms with van der Waals surface area (Å²) in [7, 11) is 0. The lowest BCUT2D eigenvalue weighted by Crippen LogP contribution is -2.47. The third kappa shape index (κ3) is 3.95. The number of hydrogen-bond donors (Lipinski definition) is 2. The average Bonchev–Trinajstić information content (AvgIpc) is 2.34. The largest absolute Gasteiger partial charge is 0.324 e. The van der Waals surface area contributed by atoms with Gasteiger partial charge in [0.2, 0.25) is 5.91 Å². The summed E-state index contributed by atoms with van der Waals surface area (Å²) >= 11 is 0. The number of benzene rings is 1. The number of anilines is 1. The van der Waals surface area contributed by atoms with E-state index < -0.39 is 0 Å². The molecule has 2 N–H and O–H groups in total. The van der Waals surface area contributed by atoms with Crippen LogP contribution >= 0.6 is 12.4 Å². The molecule has 106 valence electrons. The van der Waals surface area contributed by atoms with Crippen molar-refractivity contribution < 1.29 is 4.79 Å². The molecule has 0 aliphatic carbocycles. The fourth-order valence-electron chi connectivity index (χ4n) is 2.57. The molecule has 0 saturated carbocycles. The number of para-hydroxylation sites is 1. The van der Waals surface area contributed by atoms with Gasteiger partial charge in [-0.15, -0.1) is 12.4 Å². The monoisotopic (exact) mass is 282 g/mol. The van der Waals surface area contributed by atoms with Gasteiger partial charge in [0.05, 0.1) is 6.04 Å². The Morgan fingerprint density at radius 3 is 2.47 bits per heavy atom. The lowest BCUT2D eigenvalue weighted by atomic mass is 9.98. The van der Waals surface area contributed by atoms with E-state index in [1.54, 1.807) is 0 Å². The van der Waals surface area contributed by atoms with Crippen LogP contribution in [0.15, 0.2) is 18.2 Å². The van der Waals surface area contributed by atoms with Crippen LogP contribution in [0.5, 0.6) is 0 Å². The van der Waals surface area contributed by atoms with Gasteiger partial charge in [-0.3, -0.25) is 4.79 Å². The number of carbonyl (C=O) groups excluding carboxylic acids is 1. The van der Waals surface area contributed by atoms with Crippen LogP contribution in [0.4, 0.5) is 5.69 Å². The van der Waals surface area contributed by atoms with Crippen molar-refractivity contribution in [2.75, 3.05) is 5.32 Å². The third-order valence-corrected chi connectivity index (χ3v) is 3.66. The first-order chi connectivity index (χ1) is 8.58. The second kappa shape index (κ2) is 6.92. The molecule has 1 heterocycles. The Bertz CT molecular complexity index is 428. The van der Waals surface area contributed by atoms with E-state index in [-0.39, 0.29) is 24.4 Å². The fourth-order valence-corrected chi connectivity index (χ4v) is 2.57. The predicted molar refractivity (Wildman–Crippen MR) is 82.0 cm³/mol. The number of rotatable bonds is 2. The van der Waals surface area contributed by atoms with Gasteiger partial charge in [0, 0.05) is 11.7 Å². The highest BCUT2D eigenvalue weighted by atomic mass is 35.5. The number of hydrogen-bond acceptors (Lipinski definition) is 2. The first-order valence-corrected chi connectivity index (χ1v) is 6.71. The molecule has 4 heteroatoms. The summed E-state index contributed by atoms with van der Waals surface area (Å²) in [5.41, 5.74) is 3.20. The van der Waals surface area contributed by atoms with Crippen LogP contribution in [0.25, 0.3) is 0 Å². The zero-order chi connectivity index (χ0) is 13.1. The zero-order valence-electron chi connectivity index (χ0n) is 11.8. The van der Waals surface area contributed by atoms with Crippen molar-refractivity contribution in [3.05, 3.63) is 29.3 Å². The molecule has 1 aliphatic rings. The van der Waals surface area contributed by atoms with Crippen LogP contribution in [-0.4, -0.2) is 18.0 Å². The molecule has 0 spiro atoms. The molecular formula is C15H23ClN2O. The van der Waals surface area contributed by atoms with Gasteiger partial charge in [0.1, 0.15) is 0 Å². The van der Waals surface area contributed by atoms with E-state index in [1.165, 1.54) is 0 Å². The lowest BCUT2D eigenvalue weighted by Gasteiger charge is -2.28. The summed E-state index contributed by atoms with van der Waals surface area (Å²) in [6.07, 6.45) is 3.22. The minimum absolute atomic E-state index is 0. The summed E-state index contributed by atoms with van der Waals surface area (Å²) in [6.45, 7) is 6.19. The predicted octanol–water partition coefficient (Wildman–Crippen LogP) is 3.19. The van der Waals surface area contributed by atoms with E-state index in [1.807, 2.05) is 32.0 Å². The van der Waals surface area contributed by atoms with Crippen molar-refractivity contribution in [1.82, 2.24) is 5.32 Å². The first kappa shape index (κ1) is 16.0. The Kier molecular flexibility index (Phi) is 5.83. The van der Waals surface area contributed by atoms with Crippen molar-refractivity contribution in [2.24, 2.45) is 0 Å². The number of nitrogens with one attached hydrogen (secondary N) is 2. The molecule has 2 rings (SSSR count). The van der Waals surface area contributed by atoms with Crippen LogP contribution in [0.2, 0.25) is 0 Å². The van der Waals surface area contributed by atoms with E-state index in [2.05, 4.69) is 17.6 Å². The van der Waals surface area contributed by atoms with Gasteiger partial charge in [-0.25, -0.2) is 0 Å². The van der Waals surface area contributed by atoms with Crippen LogP contribution in [-0.2, 0) is 4.79 Å². The van der Waals surface area contributed by atoms with Crippen LogP contribution < -0.4 is 10.6 Å². The van der Waals surface area contributed by atoms with Gasteiger partial charge in [0.15, 0.2) is 0 Å². The molecule has 1 aliphatic heterocycles. The number of amides is 1. The Balaban J connectivity index is 0.00000180. The van der Waals surface area contributed by atoms with Crippen molar-refractivity contribution in [3.63, 3.8) is 0 Å². The molecule has 2 atom stereocenters. The summed E-state index contributed by atoms with van der Waals surface area (Å²) in [5.74, 6) is 0.0963. The van der Waals surface area contributed by atoms with Crippen LogP contribution in [0, 0.1) is 13.8 Å². The second-order valence-corrected chi connectivity index (χ2v) is 5.31. The highest BCUT2D eigenvalue weighted by molar-refractivity contribution is 5.96. The Morgan fingerprint density at radius 1 is 1.26 bits per heavy atom. The molecule has 1 fully saturated rings. The maximum absolute atomic E-state index is 12.2. The zero-order valence-corrected chi connectivity index (χ0v) is 12.6. The average molecular weight is 283 g/mol. The van der Waals surface area contributed by atoms with E-state index in [0.29, 0.717) is 6.04 Å².